The number of ether oxygens (including phenoxy) is 2. The predicted molar refractivity (Wildman–Crippen MR) is 388 cm³/mol. The maximum absolute atomic E-state index is 15.1. The SMILES string of the molecule is CCC1(CSc2ccc(C3(c4ccc(F)cc4)C4=C(CCC(N(c5ccccc5)c5ccc(C6(C)C=CC(N(c7ccccc7)c7ccc8c(c7)C(c7ccc(F)cc7)(c7ccc(SCC9(CC)COC9)cc7)c7ccccc7-8)=CC6)cc5)=C4)c4ccccc43)cc2)COC1. The topological polar surface area (TPSA) is 24.9 Å². The van der Waals surface area contributed by atoms with Gasteiger partial charge in [0.1, 0.15) is 11.6 Å². The van der Waals surface area contributed by atoms with E-state index < -0.39 is 10.8 Å². The fraction of sp³-hybridized carbons (Fsp3) is 0.218. The Balaban J connectivity index is 0.734. The Morgan fingerprint density at radius 2 is 0.884 bits per heavy atom. The molecule has 472 valence electrons. The number of halogens is 2. The van der Waals surface area contributed by atoms with Gasteiger partial charge in [0.25, 0.3) is 0 Å². The van der Waals surface area contributed by atoms with Crippen molar-refractivity contribution in [2.75, 3.05) is 47.7 Å². The van der Waals surface area contributed by atoms with E-state index in [1.807, 2.05) is 47.8 Å². The first-order valence-corrected chi connectivity index (χ1v) is 35.6. The van der Waals surface area contributed by atoms with Crippen LogP contribution in [0.25, 0.3) is 16.7 Å². The lowest BCUT2D eigenvalue weighted by atomic mass is 9.66. The summed E-state index contributed by atoms with van der Waals surface area (Å²) in [6, 6.07) is 88.3. The van der Waals surface area contributed by atoms with E-state index >= 15 is 8.78 Å². The summed E-state index contributed by atoms with van der Waals surface area (Å²) < 4.78 is 41.6. The molecule has 3 atom stereocenters. The number of benzene rings is 10. The third-order valence-electron chi connectivity index (χ3n) is 21.7. The van der Waals surface area contributed by atoms with Gasteiger partial charge in [0, 0.05) is 71.7 Å². The van der Waals surface area contributed by atoms with Crippen LogP contribution >= 0.6 is 23.5 Å². The lowest BCUT2D eigenvalue weighted by molar-refractivity contribution is -0.0994. The molecule has 0 bridgehead atoms. The van der Waals surface area contributed by atoms with Crippen molar-refractivity contribution >= 4 is 51.8 Å². The average Bonchev–Trinajstić information content (AvgIpc) is 1.56. The second kappa shape index (κ2) is 24.8. The molecule has 10 aromatic rings. The molecule has 8 heteroatoms. The normalized spacial score (nSPS) is 20.9. The molecule has 4 aliphatic carbocycles. The second-order valence-corrected chi connectivity index (χ2v) is 29.3. The van der Waals surface area contributed by atoms with Gasteiger partial charge in [-0.1, -0.05) is 185 Å². The Morgan fingerprint density at radius 3 is 1.40 bits per heavy atom. The van der Waals surface area contributed by atoms with Crippen molar-refractivity contribution in [1.82, 2.24) is 0 Å². The molecule has 2 aliphatic heterocycles. The van der Waals surface area contributed by atoms with E-state index in [1.54, 1.807) is 24.3 Å². The van der Waals surface area contributed by atoms with Crippen LogP contribution in [0.1, 0.15) is 103 Å². The van der Waals surface area contributed by atoms with E-state index in [2.05, 4.69) is 255 Å². The van der Waals surface area contributed by atoms with Gasteiger partial charge in [-0.2, -0.15) is 0 Å². The minimum absolute atomic E-state index is 0.230. The van der Waals surface area contributed by atoms with Gasteiger partial charge in [0.05, 0.1) is 37.3 Å². The molecular weight excluding hydrogens is 1210 g/mol. The molecule has 0 amide bonds. The number of thioether (sulfide) groups is 2. The van der Waals surface area contributed by atoms with Crippen LogP contribution in [0.3, 0.4) is 0 Å². The van der Waals surface area contributed by atoms with Gasteiger partial charge in [0.15, 0.2) is 0 Å². The molecule has 6 aliphatic rings. The molecule has 2 saturated heterocycles. The number of allylic oxidation sites excluding steroid dienone is 7. The maximum Gasteiger partial charge on any atom is 0.123 e. The summed E-state index contributed by atoms with van der Waals surface area (Å²) >= 11 is 3.83. The van der Waals surface area contributed by atoms with Crippen molar-refractivity contribution in [2.45, 2.75) is 78.9 Å². The van der Waals surface area contributed by atoms with Crippen LogP contribution in [-0.4, -0.2) is 37.9 Å². The van der Waals surface area contributed by atoms with Crippen LogP contribution in [0.4, 0.5) is 31.5 Å². The lowest BCUT2D eigenvalue weighted by Gasteiger charge is -2.40. The molecule has 95 heavy (non-hydrogen) atoms. The van der Waals surface area contributed by atoms with E-state index in [1.165, 1.54) is 65.6 Å². The summed E-state index contributed by atoms with van der Waals surface area (Å²) in [6.07, 6.45) is 14.3. The van der Waals surface area contributed by atoms with Gasteiger partial charge in [-0.05, 0) is 214 Å². The third-order valence-corrected chi connectivity index (χ3v) is 24.4. The van der Waals surface area contributed by atoms with Crippen LogP contribution in [0.15, 0.2) is 300 Å². The molecule has 3 unspecified atom stereocenters. The van der Waals surface area contributed by atoms with E-state index in [0.717, 1.165) is 121 Å². The molecule has 2 heterocycles. The Bertz CT molecular complexity index is 4620. The molecule has 0 N–H and O–H groups in total. The summed E-state index contributed by atoms with van der Waals surface area (Å²) in [5.74, 6) is 1.54. The first-order valence-electron chi connectivity index (χ1n) is 33.7. The first-order chi connectivity index (χ1) is 46.5. The summed E-state index contributed by atoms with van der Waals surface area (Å²) in [6.45, 7) is 10.2. The second-order valence-electron chi connectivity index (χ2n) is 27.2. The van der Waals surface area contributed by atoms with Crippen LogP contribution in [0.2, 0.25) is 0 Å². The van der Waals surface area contributed by atoms with E-state index in [9.17, 15) is 0 Å². The monoisotopic (exact) mass is 1280 g/mol. The molecule has 2 fully saturated rings. The Morgan fingerprint density at radius 1 is 0.432 bits per heavy atom. The number of anilines is 4. The number of hydrogen-bond donors (Lipinski definition) is 0. The molecule has 0 saturated carbocycles. The lowest BCUT2D eigenvalue weighted by Crippen LogP contribution is -2.44. The predicted octanol–water partition coefficient (Wildman–Crippen LogP) is 21.9. The summed E-state index contributed by atoms with van der Waals surface area (Å²) in [5.41, 5.74) is 20.7. The zero-order valence-electron chi connectivity index (χ0n) is 54.0. The minimum atomic E-state index is -0.730. The molecule has 0 aromatic heterocycles. The molecule has 0 radical (unpaired) electrons. The van der Waals surface area contributed by atoms with Crippen LogP contribution < -0.4 is 9.80 Å². The number of fused-ring (bicyclic) bond motifs is 5. The highest BCUT2D eigenvalue weighted by atomic mass is 32.2. The van der Waals surface area contributed by atoms with Crippen LogP contribution in [0, 0.1) is 22.5 Å². The standard InChI is InChI=1S/C87H76F2N2O2S2/c1-4-84(54-92-55-84)58-94-73-42-30-63(31-43-73)86(61-24-34-65(88)35-25-61)79-22-14-12-20-75(79)77-46-40-71(52-81(77)86)90(67-16-8-6-9-17-67)69-38-28-60(29-39-69)83(3)50-48-70(49-51-83)91(68-18-10-7-11-19-68)72-41-47-78-76-21-13-15-23-80(76)87(82(78)53-72,62-26-36-66(89)37-27-62)64-32-44-74(45-33-64)95-59-85(5-2)56-93-57-85/h6-39,41-45,47-50,52-53H,4-5,40,46,51,54-59H2,1-3H3. The molecule has 16 rings (SSSR count). The van der Waals surface area contributed by atoms with Gasteiger partial charge in [-0.3, -0.25) is 0 Å². The molecule has 10 aromatic carbocycles. The van der Waals surface area contributed by atoms with Crippen molar-refractivity contribution in [3.8, 4) is 11.1 Å². The molecule has 4 nitrogen and oxygen atoms in total. The van der Waals surface area contributed by atoms with E-state index in [0.29, 0.717) is 0 Å². The van der Waals surface area contributed by atoms with Crippen molar-refractivity contribution in [3.63, 3.8) is 0 Å². The highest BCUT2D eigenvalue weighted by molar-refractivity contribution is 7.99. The number of nitrogens with zero attached hydrogens (tertiary/aromatic N) is 2. The smallest absolute Gasteiger partial charge is 0.123 e. The van der Waals surface area contributed by atoms with Gasteiger partial charge in [-0.25, -0.2) is 8.78 Å². The average molecular weight is 1280 g/mol. The van der Waals surface area contributed by atoms with E-state index in [4.69, 9.17) is 9.47 Å². The Hall–Kier alpha value is -8.76. The number of rotatable bonds is 19. The van der Waals surface area contributed by atoms with Crippen LogP contribution in [-0.2, 0) is 25.7 Å². The fourth-order valence-electron chi connectivity index (χ4n) is 15.9. The summed E-state index contributed by atoms with van der Waals surface area (Å²) in [7, 11) is 0. The van der Waals surface area contributed by atoms with Gasteiger partial charge >= 0.3 is 0 Å². The van der Waals surface area contributed by atoms with E-state index in [-0.39, 0.29) is 27.9 Å². The summed E-state index contributed by atoms with van der Waals surface area (Å²) in [4.78, 5) is 7.33. The number of para-hydroxylation sites is 2. The quantitative estimate of drug-likeness (QED) is 0.0749. The molecule has 0 spiro atoms. The number of hydrogen-bond acceptors (Lipinski definition) is 6. The maximum atomic E-state index is 15.1. The van der Waals surface area contributed by atoms with Gasteiger partial charge in [0.2, 0.25) is 0 Å². The van der Waals surface area contributed by atoms with Crippen molar-refractivity contribution in [1.29, 1.82) is 0 Å². The highest BCUT2D eigenvalue weighted by Gasteiger charge is 2.50. The highest BCUT2D eigenvalue weighted by Crippen LogP contribution is 2.60. The van der Waals surface area contributed by atoms with Crippen LogP contribution in [0.5, 0.6) is 0 Å². The zero-order valence-corrected chi connectivity index (χ0v) is 55.7. The first kappa shape index (κ1) is 61.1. The Kier molecular flexibility index (Phi) is 15.9. The van der Waals surface area contributed by atoms with Gasteiger partial charge < -0.3 is 19.3 Å². The zero-order chi connectivity index (χ0) is 64.4. The Labute approximate surface area is 566 Å². The largest absolute Gasteiger partial charge is 0.380 e. The van der Waals surface area contributed by atoms with Crippen molar-refractivity contribution < 1.29 is 18.3 Å². The van der Waals surface area contributed by atoms with Crippen molar-refractivity contribution in [2.24, 2.45) is 10.8 Å². The van der Waals surface area contributed by atoms with Gasteiger partial charge in [-0.15, -0.1) is 23.5 Å². The van der Waals surface area contributed by atoms with Crippen molar-refractivity contribution in [3.05, 3.63) is 352 Å². The third kappa shape index (κ3) is 10.5. The minimum Gasteiger partial charge on any atom is -0.380 e. The summed E-state index contributed by atoms with van der Waals surface area (Å²) in [5, 5.41) is 0. The molecular formula is C87H76F2N2O2S2. The fourth-order valence-corrected chi connectivity index (χ4v) is 18.3.